The Bertz CT molecular complexity index is 210. The van der Waals surface area contributed by atoms with Crippen LogP contribution in [0, 0.1) is 4.91 Å². The van der Waals surface area contributed by atoms with Gasteiger partial charge < -0.3 is 0 Å². The van der Waals surface area contributed by atoms with Gasteiger partial charge in [0, 0.05) is 10.0 Å². The summed E-state index contributed by atoms with van der Waals surface area (Å²) in [6.07, 6.45) is 0. The lowest BCUT2D eigenvalue weighted by molar-refractivity contribution is 0.206. The number of alkyl halides is 1. The lowest BCUT2D eigenvalue weighted by Gasteiger charge is -2.10. The standard InChI is InChI=1S/C3H4ClN5O2/c1-2(4)9(8-11)3(10)6-7-5/h2H,1H3. The molecule has 8 heteroatoms. The molecule has 0 aliphatic carbocycles. The normalized spacial score (nSPS) is 11.1. The SMILES string of the molecule is CC(Cl)N(N=O)C(=O)N=[N+]=[N-]. The minimum atomic E-state index is -1.12. The van der Waals surface area contributed by atoms with Gasteiger partial charge in [-0.2, -0.15) is 5.01 Å². The van der Waals surface area contributed by atoms with Gasteiger partial charge in [-0.3, -0.25) is 4.79 Å². The fourth-order valence-electron chi connectivity index (χ4n) is 0.336. The van der Waals surface area contributed by atoms with Crippen LogP contribution in [-0.2, 0) is 0 Å². The van der Waals surface area contributed by atoms with Crippen LogP contribution in [0.5, 0.6) is 0 Å². The molecule has 0 heterocycles. The number of urea groups is 1. The van der Waals surface area contributed by atoms with E-state index in [4.69, 9.17) is 17.1 Å². The van der Waals surface area contributed by atoms with E-state index in [-0.39, 0.29) is 0 Å². The molecule has 2 amide bonds. The van der Waals surface area contributed by atoms with E-state index < -0.39 is 11.5 Å². The molecule has 0 saturated carbocycles. The van der Waals surface area contributed by atoms with Crippen LogP contribution in [0.2, 0.25) is 0 Å². The Morgan fingerprint density at radius 3 is 2.64 bits per heavy atom. The average Bonchev–Trinajstić information content (AvgIpc) is 1.88. The minimum absolute atomic E-state index is 0.321. The second-order valence-electron chi connectivity index (χ2n) is 1.47. The number of halogens is 1. The van der Waals surface area contributed by atoms with Crippen molar-refractivity contribution in [3.05, 3.63) is 15.3 Å². The second kappa shape index (κ2) is 4.48. The number of azide groups is 1. The zero-order chi connectivity index (χ0) is 8.85. The number of hydrogen-bond donors (Lipinski definition) is 0. The van der Waals surface area contributed by atoms with Crippen LogP contribution in [0.25, 0.3) is 10.4 Å². The topological polar surface area (TPSA) is 98.5 Å². The van der Waals surface area contributed by atoms with E-state index in [1.165, 1.54) is 6.92 Å². The van der Waals surface area contributed by atoms with E-state index in [2.05, 4.69) is 15.3 Å². The van der Waals surface area contributed by atoms with E-state index in [1.807, 2.05) is 0 Å². The number of rotatable bonds is 2. The highest BCUT2D eigenvalue weighted by atomic mass is 35.5. The Kier molecular flexibility index (Phi) is 3.94. The maximum absolute atomic E-state index is 10.5. The van der Waals surface area contributed by atoms with Crippen LogP contribution >= 0.6 is 11.6 Å². The molecular weight excluding hydrogens is 174 g/mol. The molecule has 0 aromatic carbocycles. The Balaban J connectivity index is 4.37. The molecule has 0 saturated heterocycles. The first kappa shape index (κ1) is 9.67. The van der Waals surface area contributed by atoms with Crippen LogP contribution in [-0.4, -0.2) is 16.5 Å². The number of nitrogens with zero attached hydrogens (tertiary/aromatic N) is 5. The van der Waals surface area contributed by atoms with Crippen molar-refractivity contribution in [2.75, 3.05) is 0 Å². The smallest absolute Gasteiger partial charge is 0.265 e. The van der Waals surface area contributed by atoms with Gasteiger partial charge in [-0.05, 0) is 12.5 Å². The van der Waals surface area contributed by atoms with Gasteiger partial charge in [-0.25, -0.2) is 0 Å². The van der Waals surface area contributed by atoms with Gasteiger partial charge in [0.2, 0.25) is 0 Å². The molecule has 0 aromatic rings. The summed E-state index contributed by atoms with van der Waals surface area (Å²) in [5.41, 5.74) is 6.86. The average molecular weight is 178 g/mol. The molecule has 0 aromatic heterocycles. The van der Waals surface area contributed by atoms with Gasteiger partial charge in [0.05, 0.1) is 5.29 Å². The highest BCUT2D eigenvalue weighted by Crippen LogP contribution is 2.05. The molecule has 0 aliphatic rings. The summed E-state index contributed by atoms with van der Waals surface area (Å²) in [7, 11) is 0. The number of carbonyl (C=O) groups is 1. The zero-order valence-electron chi connectivity index (χ0n) is 5.51. The van der Waals surface area contributed by atoms with Crippen molar-refractivity contribution in [3.8, 4) is 0 Å². The van der Waals surface area contributed by atoms with Crippen LogP contribution in [0.3, 0.4) is 0 Å². The summed E-state index contributed by atoms with van der Waals surface area (Å²) in [4.78, 5) is 22.6. The predicted molar refractivity (Wildman–Crippen MR) is 37.5 cm³/mol. The molecule has 1 atom stereocenters. The van der Waals surface area contributed by atoms with Gasteiger partial charge in [0.1, 0.15) is 5.50 Å². The van der Waals surface area contributed by atoms with Gasteiger partial charge in [-0.15, -0.1) is 4.91 Å². The molecule has 0 aliphatic heterocycles. The first-order valence-corrected chi connectivity index (χ1v) is 2.92. The number of amides is 2. The Morgan fingerprint density at radius 2 is 2.36 bits per heavy atom. The van der Waals surface area contributed by atoms with Gasteiger partial charge >= 0.3 is 6.03 Å². The number of carbonyl (C=O) groups excluding carboxylic acids is 1. The third-order valence-electron chi connectivity index (χ3n) is 0.751. The molecule has 1 unspecified atom stereocenters. The monoisotopic (exact) mass is 177 g/mol. The summed E-state index contributed by atoms with van der Waals surface area (Å²) in [6, 6.07) is -1.12. The molecule has 0 radical (unpaired) electrons. The largest absolute Gasteiger partial charge is 0.334 e. The third-order valence-corrected chi connectivity index (χ3v) is 0.936. The van der Waals surface area contributed by atoms with Crippen molar-refractivity contribution in [3.63, 3.8) is 0 Å². The Morgan fingerprint density at radius 1 is 1.82 bits per heavy atom. The van der Waals surface area contributed by atoms with Gasteiger partial charge in [0.15, 0.2) is 0 Å². The predicted octanol–water partition coefficient (Wildman–Crippen LogP) is 1.98. The van der Waals surface area contributed by atoms with Crippen LogP contribution < -0.4 is 0 Å². The highest BCUT2D eigenvalue weighted by molar-refractivity contribution is 6.20. The first-order valence-electron chi connectivity index (χ1n) is 2.49. The van der Waals surface area contributed by atoms with Crippen LogP contribution in [0.4, 0.5) is 4.79 Å². The van der Waals surface area contributed by atoms with Gasteiger partial charge in [-0.1, -0.05) is 11.6 Å². The minimum Gasteiger partial charge on any atom is -0.265 e. The molecule has 11 heavy (non-hydrogen) atoms. The van der Waals surface area contributed by atoms with E-state index in [0.717, 1.165) is 0 Å². The molecular formula is C3H4ClN5O2. The lowest BCUT2D eigenvalue weighted by Crippen LogP contribution is -2.27. The molecule has 0 spiro atoms. The maximum Gasteiger partial charge on any atom is 0.334 e. The Hall–Kier alpha value is -1.33. The quantitative estimate of drug-likeness (QED) is 0.123. The molecule has 60 valence electrons. The summed E-state index contributed by atoms with van der Waals surface area (Å²) in [5.74, 6) is 0. The van der Waals surface area contributed by atoms with Crippen molar-refractivity contribution in [2.45, 2.75) is 12.4 Å². The zero-order valence-corrected chi connectivity index (χ0v) is 6.26. The molecule has 0 N–H and O–H groups in total. The summed E-state index contributed by atoms with van der Waals surface area (Å²) < 4.78 is 0. The maximum atomic E-state index is 10.5. The van der Waals surface area contributed by atoms with Crippen molar-refractivity contribution >= 4 is 17.6 Å². The first-order chi connectivity index (χ1) is 5.13. The molecule has 0 bridgehead atoms. The van der Waals surface area contributed by atoms with Crippen molar-refractivity contribution < 1.29 is 4.79 Å². The fraction of sp³-hybridized carbons (Fsp3) is 0.667. The van der Waals surface area contributed by atoms with E-state index in [9.17, 15) is 9.70 Å². The molecule has 0 fully saturated rings. The molecule has 7 nitrogen and oxygen atoms in total. The summed E-state index contributed by atoms with van der Waals surface area (Å²) in [6.45, 7) is 1.34. The van der Waals surface area contributed by atoms with Gasteiger partial charge in [0.25, 0.3) is 0 Å². The highest BCUT2D eigenvalue weighted by Gasteiger charge is 2.16. The van der Waals surface area contributed by atoms with Crippen molar-refractivity contribution in [2.24, 2.45) is 10.4 Å². The molecule has 0 rings (SSSR count). The van der Waals surface area contributed by atoms with E-state index in [1.54, 1.807) is 0 Å². The number of nitroso groups, excluding NO2 is 1. The Labute approximate surface area is 66.5 Å². The van der Waals surface area contributed by atoms with Crippen molar-refractivity contribution in [1.82, 2.24) is 5.01 Å². The lowest BCUT2D eigenvalue weighted by atomic mass is 10.7. The van der Waals surface area contributed by atoms with E-state index >= 15 is 0 Å². The van der Waals surface area contributed by atoms with E-state index in [0.29, 0.717) is 5.01 Å². The third kappa shape index (κ3) is 2.83. The van der Waals surface area contributed by atoms with Crippen LogP contribution in [0.15, 0.2) is 10.4 Å². The summed E-state index contributed by atoms with van der Waals surface area (Å²) >= 11 is 5.30. The fourth-order valence-corrected chi connectivity index (χ4v) is 0.455. The van der Waals surface area contributed by atoms with Crippen LogP contribution in [0.1, 0.15) is 6.92 Å². The number of hydrogen-bond acceptors (Lipinski definition) is 3. The summed E-state index contributed by atoms with van der Waals surface area (Å²) in [5, 5.41) is 5.17. The van der Waals surface area contributed by atoms with Crippen molar-refractivity contribution in [1.29, 1.82) is 0 Å². The second-order valence-corrected chi connectivity index (χ2v) is 2.10.